The summed E-state index contributed by atoms with van der Waals surface area (Å²) < 4.78 is 8.37. The monoisotopic (exact) mass is 302 g/mol. The van der Waals surface area contributed by atoms with E-state index >= 15 is 0 Å². The van der Waals surface area contributed by atoms with Crippen LogP contribution in [0.15, 0.2) is 71.4 Å². The molecule has 0 radical (unpaired) electrons. The van der Waals surface area contributed by atoms with E-state index in [0.29, 0.717) is 0 Å². The third-order valence-corrected chi connectivity index (χ3v) is 4.18. The van der Waals surface area contributed by atoms with E-state index in [-0.39, 0.29) is 0 Å². The van der Waals surface area contributed by atoms with Crippen molar-refractivity contribution in [2.45, 2.75) is 19.9 Å². The molecule has 3 nitrogen and oxygen atoms in total. The minimum absolute atomic E-state index is 0.768. The maximum absolute atomic E-state index is 6.17. The molecule has 4 aromatic rings. The van der Waals surface area contributed by atoms with E-state index in [9.17, 15) is 0 Å². The van der Waals surface area contributed by atoms with E-state index in [2.05, 4.69) is 40.7 Å². The Morgan fingerprint density at radius 2 is 1.78 bits per heavy atom. The number of para-hydroxylation sites is 1. The lowest BCUT2D eigenvalue weighted by atomic mass is 10.1. The molecule has 0 bridgehead atoms. The van der Waals surface area contributed by atoms with Crippen molar-refractivity contribution in [3.8, 4) is 11.3 Å². The molecule has 0 saturated heterocycles. The largest absolute Gasteiger partial charge is 0.456 e. The van der Waals surface area contributed by atoms with Gasteiger partial charge in [0.2, 0.25) is 0 Å². The Kier molecular flexibility index (Phi) is 3.46. The minimum atomic E-state index is 0.768. The fourth-order valence-electron chi connectivity index (χ4n) is 3.05. The molecule has 0 atom stereocenters. The number of imidazole rings is 1. The molecule has 4 rings (SSSR count). The van der Waals surface area contributed by atoms with Crippen molar-refractivity contribution in [2.75, 3.05) is 0 Å². The standard InChI is InChI=1S/C20H18N2O/c1-2-19-21-12-13-22(19)14-17-16-10-6-7-11-18(16)23-20(17)15-8-4-3-5-9-15/h3-13H,2,14H2,1H3. The van der Waals surface area contributed by atoms with Crippen LogP contribution in [0, 0.1) is 0 Å². The van der Waals surface area contributed by atoms with Crippen molar-refractivity contribution in [2.24, 2.45) is 0 Å². The summed E-state index contributed by atoms with van der Waals surface area (Å²) in [6.07, 6.45) is 4.82. The number of furan rings is 1. The van der Waals surface area contributed by atoms with Gasteiger partial charge in [-0.25, -0.2) is 4.98 Å². The maximum Gasteiger partial charge on any atom is 0.140 e. The molecule has 114 valence electrons. The van der Waals surface area contributed by atoms with Crippen LogP contribution < -0.4 is 0 Å². The predicted octanol–water partition coefficient (Wildman–Crippen LogP) is 4.91. The van der Waals surface area contributed by atoms with E-state index in [1.54, 1.807) is 0 Å². The van der Waals surface area contributed by atoms with Gasteiger partial charge in [-0.15, -0.1) is 0 Å². The van der Waals surface area contributed by atoms with Crippen LogP contribution in [-0.2, 0) is 13.0 Å². The first-order chi connectivity index (χ1) is 11.4. The second-order valence-electron chi connectivity index (χ2n) is 5.60. The highest BCUT2D eigenvalue weighted by Gasteiger charge is 2.16. The molecule has 0 saturated carbocycles. The highest BCUT2D eigenvalue weighted by Crippen LogP contribution is 2.34. The molecule has 2 heterocycles. The van der Waals surface area contributed by atoms with Crippen LogP contribution in [-0.4, -0.2) is 9.55 Å². The molecule has 23 heavy (non-hydrogen) atoms. The third-order valence-electron chi connectivity index (χ3n) is 4.18. The molecule has 0 amide bonds. The number of aromatic nitrogens is 2. The zero-order chi connectivity index (χ0) is 15.6. The summed E-state index contributed by atoms with van der Waals surface area (Å²) in [5.74, 6) is 2.04. The van der Waals surface area contributed by atoms with Gasteiger partial charge in [-0.05, 0) is 6.07 Å². The van der Waals surface area contributed by atoms with E-state index in [1.165, 1.54) is 10.9 Å². The number of rotatable bonds is 4. The van der Waals surface area contributed by atoms with Crippen LogP contribution in [0.3, 0.4) is 0 Å². The van der Waals surface area contributed by atoms with Crippen molar-refractivity contribution in [1.29, 1.82) is 0 Å². The topological polar surface area (TPSA) is 31.0 Å². The molecule has 3 heteroatoms. The fraction of sp³-hybridized carbons (Fsp3) is 0.150. The lowest BCUT2D eigenvalue weighted by Gasteiger charge is -2.08. The second-order valence-corrected chi connectivity index (χ2v) is 5.60. The third kappa shape index (κ3) is 2.44. The molecule has 2 aromatic heterocycles. The Labute approximate surface area is 135 Å². The second kappa shape index (κ2) is 5.76. The van der Waals surface area contributed by atoms with Crippen LogP contribution in [0.2, 0.25) is 0 Å². The molecule has 0 fully saturated rings. The first-order valence-electron chi connectivity index (χ1n) is 7.92. The van der Waals surface area contributed by atoms with Crippen molar-refractivity contribution in [3.63, 3.8) is 0 Å². The molecular weight excluding hydrogens is 284 g/mol. The van der Waals surface area contributed by atoms with Crippen LogP contribution in [0.5, 0.6) is 0 Å². The van der Waals surface area contributed by atoms with Gasteiger partial charge in [0.05, 0.1) is 6.54 Å². The lowest BCUT2D eigenvalue weighted by Crippen LogP contribution is -2.03. The van der Waals surface area contributed by atoms with Gasteiger partial charge in [0, 0.05) is 35.3 Å². The summed E-state index contributed by atoms with van der Waals surface area (Å²) in [5, 5.41) is 1.17. The van der Waals surface area contributed by atoms with Gasteiger partial charge in [0.1, 0.15) is 17.2 Å². The Bertz CT molecular complexity index is 935. The first kappa shape index (κ1) is 13.8. The van der Waals surface area contributed by atoms with Crippen molar-refractivity contribution >= 4 is 11.0 Å². The summed E-state index contributed by atoms with van der Waals surface area (Å²) >= 11 is 0. The van der Waals surface area contributed by atoms with E-state index in [0.717, 1.165) is 35.7 Å². The molecule has 0 aliphatic rings. The van der Waals surface area contributed by atoms with E-state index in [1.807, 2.05) is 42.7 Å². The van der Waals surface area contributed by atoms with Gasteiger partial charge in [-0.2, -0.15) is 0 Å². The highest BCUT2D eigenvalue weighted by atomic mass is 16.3. The van der Waals surface area contributed by atoms with Gasteiger partial charge in [0.15, 0.2) is 0 Å². The molecule has 0 aliphatic carbocycles. The molecule has 0 aliphatic heterocycles. The Hall–Kier alpha value is -2.81. The number of nitrogens with zero attached hydrogens (tertiary/aromatic N) is 2. The molecular formula is C20H18N2O. The summed E-state index contributed by atoms with van der Waals surface area (Å²) in [6, 6.07) is 18.5. The average molecular weight is 302 g/mol. The highest BCUT2D eigenvalue weighted by molar-refractivity contribution is 5.87. The van der Waals surface area contributed by atoms with Crippen LogP contribution in [0.1, 0.15) is 18.3 Å². The molecule has 0 unspecified atom stereocenters. The predicted molar refractivity (Wildman–Crippen MR) is 92.4 cm³/mol. The van der Waals surface area contributed by atoms with Gasteiger partial charge in [-0.1, -0.05) is 55.5 Å². The quantitative estimate of drug-likeness (QED) is 0.536. The number of benzene rings is 2. The normalized spacial score (nSPS) is 11.2. The van der Waals surface area contributed by atoms with Gasteiger partial charge >= 0.3 is 0 Å². The molecule has 0 N–H and O–H groups in total. The van der Waals surface area contributed by atoms with Crippen LogP contribution in [0.25, 0.3) is 22.3 Å². The van der Waals surface area contributed by atoms with Crippen molar-refractivity contribution in [3.05, 3.63) is 78.4 Å². The van der Waals surface area contributed by atoms with Crippen LogP contribution in [0.4, 0.5) is 0 Å². The van der Waals surface area contributed by atoms with Crippen molar-refractivity contribution in [1.82, 2.24) is 9.55 Å². The van der Waals surface area contributed by atoms with Gasteiger partial charge < -0.3 is 8.98 Å². The smallest absolute Gasteiger partial charge is 0.140 e. The number of fused-ring (bicyclic) bond motifs is 1. The van der Waals surface area contributed by atoms with E-state index in [4.69, 9.17) is 4.42 Å². The van der Waals surface area contributed by atoms with Gasteiger partial charge in [-0.3, -0.25) is 0 Å². The summed E-state index contributed by atoms with van der Waals surface area (Å²) in [5.41, 5.74) is 3.25. The fourth-order valence-corrected chi connectivity index (χ4v) is 3.05. The lowest BCUT2D eigenvalue weighted by molar-refractivity contribution is 0.621. The number of hydrogen-bond donors (Lipinski definition) is 0. The number of aryl methyl sites for hydroxylation is 1. The Balaban J connectivity index is 1.90. The number of hydrogen-bond acceptors (Lipinski definition) is 2. The minimum Gasteiger partial charge on any atom is -0.456 e. The Morgan fingerprint density at radius 1 is 1.00 bits per heavy atom. The van der Waals surface area contributed by atoms with Crippen LogP contribution >= 0.6 is 0 Å². The van der Waals surface area contributed by atoms with Crippen molar-refractivity contribution < 1.29 is 4.42 Å². The van der Waals surface area contributed by atoms with E-state index < -0.39 is 0 Å². The summed E-state index contributed by atoms with van der Waals surface area (Å²) in [6.45, 7) is 2.90. The maximum atomic E-state index is 6.17. The first-order valence-corrected chi connectivity index (χ1v) is 7.92. The summed E-state index contributed by atoms with van der Waals surface area (Å²) in [4.78, 5) is 4.43. The average Bonchev–Trinajstić information content (AvgIpc) is 3.21. The molecule has 0 spiro atoms. The summed E-state index contributed by atoms with van der Waals surface area (Å²) in [7, 11) is 0. The molecule has 2 aromatic carbocycles. The zero-order valence-corrected chi connectivity index (χ0v) is 13.1. The zero-order valence-electron chi connectivity index (χ0n) is 13.1. The van der Waals surface area contributed by atoms with Gasteiger partial charge in [0.25, 0.3) is 0 Å². The Morgan fingerprint density at radius 3 is 2.61 bits per heavy atom. The SMILES string of the molecule is CCc1nccn1Cc1c(-c2ccccc2)oc2ccccc12.